The lowest BCUT2D eigenvalue weighted by Crippen LogP contribution is -1.96. The van der Waals surface area contributed by atoms with Gasteiger partial charge in [-0.3, -0.25) is 0 Å². The first-order chi connectivity index (χ1) is 8.09. The Bertz CT molecular complexity index is 543. The fraction of sp³-hybridized carbons (Fsp3) is 0. The first kappa shape index (κ1) is 11.8. The van der Waals surface area contributed by atoms with Crippen molar-refractivity contribution in [2.45, 2.75) is 0 Å². The number of nitrogens with two attached hydrogens (primary N) is 1. The Kier molecular flexibility index (Phi) is 3.23. The van der Waals surface area contributed by atoms with E-state index in [2.05, 4.69) is 20.9 Å². The average molecular weight is 301 g/mol. The topological polar surface area (TPSA) is 48.1 Å². The first-order valence-electron chi connectivity index (χ1n) is 4.61. The lowest BCUT2D eigenvalue weighted by molar-refractivity contribution is 0.405. The zero-order chi connectivity index (χ0) is 12.4. The summed E-state index contributed by atoms with van der Waals surface area (Å²) in [7, 11) is 0. The van der Waals surface area contributed by atoms with Gasteiger partial charge in [0.15, 0.2) is 17.4 Å². The van der Waals surface area contributed by atoms with E-state index in [1.54, 1.807) is 0 Å². The fourth-order valence-corrected chi connectivity index (χ4v) is 1.53. The molecule has 0 unspecified atom stereocenters. The molecular formula is C11H7BrF2N2O. The van der Waals surface area contributed by atoms with Crippen molar-refractivity contribution in [1.82, 2.24) is 4.98 Å². The van der Waals surface area contributed by atoms with Gasteiger partial charge in [-0.05, 0) is 28.1 Å². The number of ether oxygens (including phenoxy) is 1. The van der Waals surface area contributed by atoms with Crippen molar-refractivity contribution < 1.29 is 13.5 Å². The lowest BCUT2D eigenvalue weighted by atomic mass is 10.3. The molecule has 2 aromatic rings. The van der Waals surface area contributed by atoms with Crippen molar-refractivity contribution in [3.05, 3.63) is 46.6 Å². The van der Waals surface area contributed by atoms with Gasteiger partial charge in [-0.25, -0.2) is 13.8 Å². The standard InChI is InChI=1S/C11H7BrF2N2O/c12-9-8(4-5-16-11(9)15)17-10-6(13)2-1-3-7(10)14/h1-5H,(H2,15,16). The minimum Gasteiger partial charge on any atom is -0.450 e. The van der Waals surface area contributed by atoms with Gasteiger partial charge in [0.25, 0.3) is 0 Å². The largest absolute Gasteiger partial charge is 0.450 e. The molecule has 0 bridgehead atoms. The van der Waals surface area contributed by atoms with Gasteiger partial charge in [0, 0.05) is 12.3 Å². The molecule has 1 aromatic carbocycles. The van der Waals surface area contributed by atoms with E-state index in [0.29, 0.717) is 4.47 Å². The average Bonchev–Trinajstić information content (AvgIpc) is 2.29. The summed E-state index contributed by atoms with van der Waals surface area (Å²) in [4.78, 5) is 3.79. The molecular weight excluding hydrogens is 294 g/mol. The fourth-order valence-electron chi connectivity index (χ4n) is 1.21. The molecule has 6 heteroatoms. The second-order valence-corrected chi connectivity index (χ2v) is 3.95. The maximum absolute atomic E-state index is 13.3. The van der Waals surface area contributed by atoms with E-state index in [1.165, 1.54) is 18.3 Å². The van der Waals surface area contributed by atoms with E-state index >= 15 is 0 Å². The highest BCUT2D eigenvalue weighted by atomic mass is 79.9. The van der Waals surface area contributed by atoms with Gasteiger partial charge in [-0.1, -0.05) is 6.07 Å². The zero-order valence-corrected chi connectivity index (χ0v) is 10.0. The normalized spacial score (nSPS) is 10.3. The minimum absolute atomic E-state index is 0.180. The molecule has 0 saturated carbocycles. The van der Waals surface area contributed by atoms with Gasteiger partial charge in [0.2, 0.25) is 0 Å². The van der Waals surface area contributed by atoms with Crippen molar-refractivity contribution in [2.75, 3.05) is 5.73 Å². The third-order valence-corrected chi connectivity index (χ3v) is 2.81. The molecule has 0 spiro atoms. The monoisotopic (exact) mass is 300 g/mol. The van der Waals surface area contributed by atoms with Crippen LogP contribution < -0.4 is 10.5 Å². The van der Waals surface area contributed by atoms with Crippen molar-refractivity contribution in [1.29, 1.82) is 0 Å². The second-order valence-electron chi connectivity index (χ2n) is 3.16. The van der Waals surface area contributed by atoms with Gasteiger partial charge < -0.3 is 10.5 Å². The van der Waals surface area contributed by atoms with Crippen LogP contribution in [0.5, 0.6) is 11.5 Å². The molecule has 0 aliphatic carbocycles. The van der Waals surface area contributed by atoms with Gasteiger partial charge in [-0.2, -0.15) is 0 Å². The lowest BCUT2D eigenvalue weighted by Gasteiger charge is -2.09. The molecule has 0 radical (unpaired) electrons. The van der Waals surface area contributed by atoms with Gasteiger partial charge >= 0.3 is 0 Å². The number of hydrogen-bond donors (Lipinski definition) is 1. The molecule has 88 valence electrons. The Balaban J connectivity index is 2.42. The van der Waals surface area contributed by atoms with Gasteiger partial charge in [-0.15, -0.1) is 0 Å². The smallest absolute Gasteiger partial charge is 0.198 e. The number of rotatable bonds is 2. The number of para-hydroxylation sites is 1. The van der Waals surface area contributed by atoms with Crippen molar-refractivity contribution in [2.24, 2.45) is 0 Å². The molecule has 0 aliphatic rings. The Hall–Kier alpha value is -1.69. The predicted octanol–water partition coefficient (Wildman–Crippen LogP) is 3.50. The molecule has 0 fully saturated rings. The molecule has 2 N–H and O–H groups in total. The summed E-state index contributed by atoms with van der Waals surface area (Å²) in [5.74, 6) is -1.67. The van der Waals surface area contributed by atoms with Crippen LogP contribution >= 0.6 is 15.9 Å². The van der Waals surface area contributed by atoms with Crippen LogP contribution in [-0.2, 0) is 0 Å². The highest BCUT2D eigenvalue weighted by molar-refractivity contribution is 9.10. The van der Waals surface area contributed by atoms with Crippen molar-refractivity contribution in [3.63, 3.8) is 0 Å². The van der Waals surface area contributed by atoms with E-state index in [4.69, 9.17) is 10.5 Å². The quantitative estimate of drug-likeness (QED) is 0.923. The Morgan fingerprint density at radius 3 is 2.47 bits per heavy atom. The molecule has 0 atom stereocenters. The van der Waals surface area contributed by atoms with Gasteiger partial charge in [0.1, 0.15) is 16.0 Å². The molecule has 0 aliphatic heterocycles. The second kappa shape index (κ2) is 4.67. The van der Waals surface area contributed by atoms with Crippen LogP contribution in [0.15, 0.2) is 34.9 Å². The molecule has 1 heterocycles. The third-order valence-electron chi connectivity index (χ3n) is 2.01. The summed E-state index contributed by atoms with van der Waals surface area (Å²) in [6, 6.07) is 4.92. The maximum Gasteiger partial charge on any atom is 0.198 e. The highest BCUT2D eigenvalue weighted by Crippen LogP contribution is 2.34. The Morgan fingerprint density at radius 1 is 1.18 bits per heavy atom. The number of halogens is 3. The number of anilines is 1. The number of hydrogen-bond acceptors (Lipinski definition) is 3. The summed E-state index contributed by atoms with van der Waals surface area (Å²) in [5, 5.41) is 0. The summed E-state index contributed by atoms with van der Waals surface area (Å²) >= 11 is 3.13. The first-order valence-corrected chi connectivity index (χ1v) is 5.40. The number of aromatic nitrogens is 1. The van der Waals surface area contributed by atoms with Crippen LogP contribution in [0.4, 0.5) is 14.6 Å². The zero-order valence-electron chi connectivity index (χ0n) is 8.45. The minimum atomic E-state index is -0.785. The molecule has 3 nitrogen and oxygen atoms in total. The molecule has 0 amide bonds. The van der Waals surface area contributed by atoms with E-state index in [-0.39, 0.29) is 11.6 Å². The van der Waals surface area contributed by atoms with Crippen LogP contribution in [0.3, 0.4) is 0 Å². The number of nitrogen functional groups attached to an aromatic ring is 1. The third kappa shape index (κ3) is 2.36. The maximum atomic E-state index is 13.3. The van der Waals surface area contributed by atoms with E-state index in [1.807, 2.05) is 0 Å². The summed E-state index contributed by atoms with van der Waals surface area (Å²) in [5.41, 5.74) is 5.52. The van der Waals surface area contributed by atoms with Crippen molar-refractivity contribution in [3.8, 4) is 11.5 Å². The SMILES string of the molecule is Nc1nccc(Oc2c(F)cccc2F)c1Br. The number of pyridine rings is 1. The summed E-state index contributed by atoms with van der Waals surface area (Å²) in [6.45, 7) is 0. The van der Waals surface area contributed by atoms with E-state index in [9.17, 15) is 8.78 Å². The summed E-state index contributed by atoms with van der Waals surface area (Å²) < 4.78 is 32.2. The number of nitrogens with zero attached hydrogens (tertiary/aromatic N) is 1. The van der Waals surface area contributed by atoms with Crippen LogP contribution in [0.25, 0.3) is 0 Å². The molecule has 0 saturated heterocycles. The highest BCUT2D eigenvalue weighted by Gasteiger charge is 2.13. The van der Waals surface area contributed by atoms with Crippen LogP contribution in [0.1, 0.15) is 0 Å². The molecule has 1 aromatic heterocycles. The Labute approximate surface area is 104 Å². The molecule has 17 heavy (non-hydrogen) atoms. The van der Waals surface area contributed by atoms with Crippen LogP contribution in [0.2, 0.25) is 0 Å². The van der Waals surface area contributed by atoms with Crippen LogP contribution in [0, 0.1) is 11.6 Å². The van der Waals surface area contributed by atoms with Crippen molar-refractivity contribution >= 4 is 21.7 Å². The number of benzene rings is 1. The predicted molar refractivity (Wildman–Crippen MR) is 62.8 cm³/mol. The van der Waals surface area contributed by atoms with Crippen LogP contribution in [-0.4, -0.2) is 4.98 Å². The Morgan fingerprint density at radius 2 is 1.82 bits per heavy atom. The van der Waals surface area contributed by atoms with E-state index in [0.717, 1.165) is 12.1 Å². The van der Waals surface area contributed by atoms with Gasteiger partial charge in [0.05, 0.1) is 0 Å². The molecule has 2 rings (SSSR count). The van der Waals surface area contributed by atoms with E-state index < -0.39 is 17.4 Å². The summed E-state index contributed by atoms with van der Waals surface area (Å²) in [6.07, 6.45) is 1.38.